The van der Waals surface area contributed by atoms with Crippen LogP contribution in [-0.2, 0) is 4.74 Å². The average molecular weight is 311 g/mol. The van der Waals surface area contributed by atoms with Crippen molar-refractivity contribution in [3.8, 4) is 0 Å². The lowest BCUT2D eigenvalue weighted by molar-refractivity contribution is -0.0458. The van der Waals surface area contributed by atoms with Crippen molar-refractivity contribution >= 4 is 5.82 Å². The van der Waals surface area contributed by atoms with E-state index in [1.807, 2.05) is 0 Å². The number of aliphatic hydroxyl groups is 2. The zero-order chi connectivity index (χ0) is 15.9. The van der Waals surface area contributed by atoms with E-state index >= 15 is 0 Å². The third-order valence-electron chi connectivity index (χ3n) is 3.86. The van der Waals surface area contributed by atoms with Crippen LogP contribution in [0, 0.1) is 0 Å². The summed E-state index contributed by atoms with van der Waals surface area (Å²) < 4.78 is 6.81. The molecule has 1 aromatic heterocycles. The number of aliphatic hydroxyl groups excluding tert-OH is 2. The first-order valence-corrected chi connectivity index (χ1v) is 7.93. The fourth-order valence-corrected chi connectivity index (χ4v) is 2.55. The van der Waals surface area contributed by atoms with Gasteiger partial charge in [-0.05, 0) is 12.5 Å². The highest BCUT2D eigenvalue weighted by molar-refractivity contribution is 5.31. The van der Waals surface area contributed by atoms with Gasteiger partial charge in [-0.25, -0.2) is 4.79 Å². The molecule has 7 heteroatoms. The number of ether oxygens (including phenoxy) is 1. The highest BCUT2D eigenvalue weighted by atomic mass is 16.5. The van der Waals surface area contributed by atoms with Crippen molar-refractivity contribution in [2.45, 2.75) is 57.5 Å². The van der Waals surface area contributed by atoms with Crippen LogP contribution in [0.3, 0.4) is 0 Å². The van der Waals surface area contributed by atoms with E-state index < -0.39 is 24.1 Å². The summed E-state index contributed by atoms with van der Waals surface area (Å²) in [6.45, 7) is 2.69. The summed E-state index contributed by atoms with van der Waals surface area (Å²) in [6, 6.07) is 1.73. The van der Waals surface area contributed by atoms with Crippen LogP contribution in [0.1, 0.15) is 45.3 Å². The molecular formula is C15H25N3O4. The summed E-state index contributed by atoms with van der Waals surface area (Å²) in [5.41, 5.74) is -0.422. The molecule has 1 aromatic rings. The zero-order valence-corrected chi connectivity index (χ0v) is 12.9. The predicted molar refractivity (Wildman–Crippen MR) is 82.7 cm³/mol. The Kier molecular flexibility index (Phi) is 6.35. The Morgan fingerprint density at radius 2 is 2.27 bits per heavy atom. The van der Waals surface area contributed by atoms with Crippen LogP contribution in [0.25, 0.3) is 0 Å². The summed E-state index contributed by atoms with van der Waals surface area (Å²) in [5.74, 6) is 0.551. The van der Waals surface area contributed by atoms with Crippen molar-refractivity contribution in [1.82, 2.24) is 9.55 Å². The largest absolute Gasteiger partial charge is 0.394 e. The lowest BCUT2D eigenvalue weighted by atomic mass is 10.2. The molecule has 3 N–H and O–H groups in total. The van der Waals surface area contributed by atoms with Crippen molar-refractivity contribution in [3.63, 3.8) is 0 Å². The highest BCUT2D eigenvalue weighted by Crippen LogP contribution is 2.27. The number of anilines is 1. The van der Waals surface area contributed by atoms with E-state index in [0.29, 0.717) is 5.82 Å². The van der Waals surface area contributed by atoms with E-state index in [4.69, 9.17) is 9.84 Å². The highest BCUT2D eigenvalue weighted by Gasteiger charge is 2.34. The first kappa shape index (κ1) is 16.9. The number of hydrogen-bond donors (Lipinski definition) is 3. The number of rotatable bonds is 8. The van der Waals surface area contributed by atoms with E-state index in [1.54, 1.807) is 12.3 Å². The third kappa shape index (κ3) is 4.28. The predicted octanol–water partition coefficient (Wildman–Crippen LogP) is 0.876. The molecule has 124 valence electrons. The second kappa shape index (κ2) is 8.26. The first-order chi connectivity index (χ1) is 10.7. The average Bonchev–Trinajstić information content (AvgIpc) is 2.88. The topological polar surface area (TPSA) is 96.6 Å². The van der Waals surface area contributed by atoms with Crippen molar-refractivity contribution in [2.75, 3.05) is 18.5 Å². The van der Waals surface area contributed by atoms with Gasteiger partial charge in [0, 0.05) is 19.2 Å². The van der Waals surface area contributed by atoms with Gasteiger partial charge in [-0.15, -0.1) is 0 Å². The molecule has 0 bridgehead atoms. The van der Waals surface area contributed by atoms with E-state index in [9.17, 15) is 9.90 Å². The van der Waals surface area contributed by atoms with Crippen LogP contribution in [0.4, 0.5) is 5.82 Å². The Morgan fingerprint density at radius 1 is 1.45 bits per heavy atom. The molecule has 1 saturated heterocycles. The molecule has 0 aromatic carbocycles. The maximum absolute atomic E-state index is 12.1. The van der Waals surface area contributed by atoms with Gasteiger partial charge >= 0.3 is 5.69 Å². The Bertz CT molecular complexity index is 520. The summed E-state index contributed by atoms with van der Waals surface area (Å²) in [4.78, 5) is 16.0. The van der Waals surface area contributed by atoms with E-state index in [2.05, 4.69) is 17.2 Å². The molecule has 0 radical (unpaired) electrons. The standard InChI is InChI=1S/C15H25N3O4/c1-2-3-4-5-7-16-13-6-8-18(15(21)17-13)14-9-11(20)12(10-19)22-14/h6,8,11-12,14,19-20H,2-5,7,9-10H2,1H3,(H,16,17,21)/t11-,12+,14+/m0/s1. The molecule has 22 heavy (non-hydrogen) atoms. The normalized spacial score (nSPS) is 24.6. The summed E-state index contributed by atoms with van der Waals surface area (Å²) >= 11 is 0. The Labute approximate surface area is 130 Å². The zero-order valence-electron chi connectivity index (χ0n) is 12.9. The van der Waals surface area contributed by atoms with Gasteiger partial charge in [-0.2, -0.15) is 4.98 Å². The molecule has 3 atom stereocenters. The van der Waals surface area contributed by atoms with Gasteiger partial charge in [-0.1, -0.05) is 26.2 Å². The van der Waals surface area contributed by atoms with Gasteiger partial charge in [0.1, 0.15) is 18.1 Å². The third-order valence-corrected chi connectivity index (χ3v) is 3.86. The van der Waals surface area contributed by atoms with Gasteiger partial charge in [0.2, 0.25) is 0 Å². The lowest BCUT2D eigenvalue weighted by Crippen LogP contribution is -2.28. The Balaban J connectivity index is 1.91. The molecule has 7 nitrogen and oxygen atoms in total. The summed E-state index contributed by atoms with van der Waals surface area (Å²) in [5, 5.41) is 21.9. The minimum Gasteiger partial charge on any atom is -0.394 e. The maximum atomic E-state index is 12.1. The van der Waals surface area contributed by atoms with E-state index in [0.717, 1.165) is 19.4 Å². The van der Waals surface area contributed by atoms with Crippen molar-refractivity contribution < 1.29 is 14.9 Å². The molecule has 0 spiro atoms. The number of nitrogens with zero attached hydrogens (tertiary/aromatic N) is 2. The van der Waals surface area contributed by atoms with Gasteiger partial charge < -0.3 is 20.3 Å². The summed E-state index contributed by atoms with van der Waals surface area (Å²) in [6.07, 6.45) is 4.51. The second-order valence-electron chi connectivity index (χ2n) is 5.60. The number of nitrogens with one attached hydrogen (secondary N) is 1. The molecule has 2 heterocycles. The van der Waals surface area contributed by atoms with Crippen molar-refractivity contribution in [3.05, 3.63) is 22.7 Å². The number of hydrogen-bond acceptors (Lipinski definition) is 6. The molecule has 2 rings (SSSR count). The van der Waals surface area contributed by atoms with Crippen LogP contribution in [0.2, 0.25) is 0 Å². The quantitative estimate of drug-likeness (QED) is 0.617. The molecular weight excluding hydrogens is 286 g/mol. The SMILES string of the molecule is CCCCCCNc1ccn([C@H]2C[C@H](O)[C@@H](CO)O2)c(=O)n1. The van der Waals surface area contributed by atoms with Gasteiger partial charge in [-0.3, -0.25) is 4.57 Å². The monoisotopic (exact) mass is 311 g/mol. The Morgan fingerprint density at radius 3 is 2.91 bits per heavy atom. The second-order valence-corrected chi connectivity index (χ2v) is 5.60. The van der Waals surface area contributed by atoms with Crippen LogP contribution in [0.15, 0.2) is 17.1 Å². The molecule has 0 unspecified atom stereocenters. The summed E-state index contributed by atoms with van der Waals surface area (Å²) in [7, 11) is 0. The lowest BCUT2D eigenvalue weighted by Gasteiger charge is -2.14. The van der Waals surface area contributed by atoms with E-state index in [-0.39, 0.29) is 13.0 Å². The fraction of sp³-hybridized carbons (Fsp3) is 0.733. The number of aromatic nitrogens is 2. The Hall–Kier alpha value is -1.44. The molecule has 0 aliphatic carbocycles. The van der Waals surface area contributed by atoms with Gasteiger partial charge in [0.25, 0.3) is 0 Å². The van der Waals surface area contributed by atoms with Gasteiger partial charge in [0.05, 0.1) is 12.7 Å². The first-order valence-electron chi connectivity index (χ1n) is 7.93. The van der Waals surface area contributed by atoms with Crippen LogP contribution in [-0.4, -0.2) is 45.1 Å². The van der Waals surface area contributed by atoms with E-state index in [1.165, 1.54) is 17.4 Å². The van der Waals surface area contributed by atoms with Crippen LogP contribution < -0.4 is 11.0 Å². The number of unbranched alkanes of at least 4 members (excludes halogenated alkanes) is 3. The fourth-order valence-electron chi connectivity index (χ4n) is 2.55. The van der Waals surface area contributed by atoms with Crippen LogP contribution >= 0.6 is 0 Å². The molecule has 1 aliphatic heterocycles. The smallest absolute Gasteiger partial charge is 0.351 e. The molecule has 1 fully saturated rings. The maximum Gasteiger partial charge on any atom is 0.351 e. The minimum absolute atomic E-state index is 0.267. The minimum atomic E-state index is -0.765. The van der Waals surface area contributed by atoms with Crippen LogP contribution in [0.5, 0.6) is 0 Å². The molecule has 1 aliphatic rings. The van der Waals surface area contributed by atoms with Crippen molar-refractivity contribution in [1.29, 1.82) is 0 Å². The van der Waals surface area contributed by atoms with Gasteiger partial charge in [0.15, 0.2) is 0 Å². The molecule has 0 amide bonds. The molecule has 0 saturated carbocycles. The van der Waals surface area contributed by atoms with Crippen molar-refractivity contribution in [2.24, 2.45) is 0 Å².